The number of hydrogen-bond donors (Lipinski definition) is 3. The highest BCUT2D eigenvalue weighted by molar-refractivity contribution is 7.15. The Morgan fingerprint density at radius 1 is 1.03 bits per heavy atom. The summed E-state index contributed by atoms with van der Waals surface area (Å²) in [5.74, 6) is -0.125. The Hall–Kier alpha value is -3.11. The molecular formula is C22H26FN5O2SSi. The molecule has 0 saturated carbocycles. The number of urea groups is 1. The van der Waals surface area contributed by atoms with E-state index < -0.39 is 19.9 Å². The smallest absolute Gasteiger partial charge is 0.311 e. The number of halogens is 1. The average Bonchev–Trinajstić information content (AvgIpc) is 3.14. The minimum absolute atomic E-state index is 0.159. The van der Waals surface area contributed by atoms with Crippen molar-refractivity contribution in [2.24, 2.45) is 0 Å². The van der Waals surface area contributed by atoms with E-state index in [9.17, 15) is 14.0 Å². The number of nitrogens with one attached hydrogen (secondary N) is 3. The second kappa shape index (κ2) is 10.0. The van der Waals surface area contributed by atoms with Gasteiger partial charge in [0.15, 0.2) is 5.13 Å². The summed E-state index contributed by atoms with van der Waals surface area (Å²) < 4.78 is 14.2. The zero-order valence-electron chi connectivity index (χ0n) is 18.5. The van der Waals surface area contributed by atoms with Gasteiger partial charge in [0, 0.05) is 24.2 Å². The molecule has 2 heterocycles. The molecule has 7 nitrogen and oxygen atoms in total. The van der Waals surface area contributed by atoms with E-state index in [4.69, 9.17) is 0 Å². The molecule has 0 radical (unpaired) electrons. The SMILES string of the molecule is CC(=O)Nc1cc(CCc2cnc(NC(=O)Nc3cc([Si](C)(C)C)ccc3F)s2)ccn1. The zero-order chi connectivity index (χ0) is 23.3. The highest BCUT2D eigenvalue weighted by Gasteiger charge is 2.19. The fraction of sp³-hybridized carbons (Fsp3) is 0.273. The van der Waals surface area contributed by atoms with Crippen LogP contribution < -0.4 is 21.1 Å². The lowest BCUT2D eigenvalue weighted by Crippen LogP contribution is -2.38. The quantitative estimate of drug-likeness (QED) is 0.439. The third-order valence-corrected chi connectivity index (χ3v) is 7.66. The van der Waals surface area contributed by atoms with E-state index >= 15 is 0 Å². The molecule has 0 unspecified atom stereocenters. The van der Waals surface area contributed by atoms with E-state index in [2.05, 4.69) is 45.6 Å². The van der Waals surface area contributed by atoms with Gasteiger partial charge in [-0.25, -0.2) is 19.2 Å². The summed E-state index contributed by atoms with van der Waals surface area (Å²) in [4.78, 5) is 32.9. The van der Waals surface area contributed by atoms with Crippen molar-refractivity contribution in [2.75, 3.05) is 16.0 Å². The van der Waals surface area contributed by atoms with Gasteiger partial charge < -0.3 is 10.6 Å². The number of thiazole rings is 1. The van der Waals surface area contributed by atoms with E-state index in [0.29, 0.717) is 10.9 Å². The molecule has 0 aliphatic carbocycles. The molecule has 1 aromatic carbocycles. The number of nitrogens with zero attached hydrogens (tertiary/aromatic N) is 2. The lowest BCUT2D eigenvalue weighted by atomic mass is 10.1. The monoisotopic (exact) mass is 471 g/mol. The number of aryl methyl sites for hydroxylation is 2. The molecule has 0 atom stereocenters. The highest BCUT2D eigenvalue weighted by Crippen LogP contribution is 2.21. The standard InChI is InChI=1S/C22H26FN5O2SSi/c1-14(29)26-20-11-15(9-10-24-20)5-6-16-13-25-22(31-16)28-21(30)27-19-12-17(32(2,3)4)7-8-18(19)23/h7-13H,5-6H2,1-4H3,(H,24,26,29)(H2,25,27,28,30). The van der Waals surface area contributed by atoms with Crippen molar-refractivity contribution in [3.63, 3.8) is 0 Å². The van der Waals surface area contributed by atoms with E-state index in [1.54, 1.807) is 24.5 Å². The maximum atomic E-state index is 14.2. The van der Waals surface area contributed by atoms with Crippen LogP contribution >= 0.6 is 11.3 Å². The van der Waals surface area contributed by atoms with E-state index in [1.807, 2.05) is 12.1 Å². The largest absolute Gasteiger partial charge is 0.325 e. The van der Waals surface area contributed by atoms with Crippen molar-refractivity contribution in [3.8, 4) is 0 Å². The fourth-order valence-electron chi connectivity index (χ4n) is 2.97. The van der Waals surface area contributed by atoms with Gasteiger partial charge >= 0.3 is 6.03 Å². The molecule has 0 spiro atoms. The second-order valence-corrected chi connectivity index (χ2v) is 14.6. The Morgan fingerprint density at radius 3 is 2.53 bits per heavy atom. The van der Waals surface area contributed by atoms with Crippen molar-refractivity contribution >= 4 is 53.2 Å². The van der Waals surface area contributed by atoms with Crippen LogP contribution in [0.4, 0.5) is 25.8 Å². The molecule has 2 aromatic heterocycles. The second-order valence-electron chi connectivity index (χ2n) is 8.39. The van der Waals surface area contributed by atoms with Crippen LogP contribution in [-0.2, 0) is 17.6 Å². The van der Waals surface area contributed by atoms with Crippen LogP contribution in [0.1, 0.15) is 17.4 Å². The van der Waals surface area contributed by atoms with Crippen LogP contribution in [0.2, 0.25) is 19.6 Å². The number of benzene rings is 1. The minimum atomic E-state index is -1.63. The zero-order valence-corrected chi connectivity index (χ0v) is 20.3. The number of aromatic nitrogens is 2. The third-order valence-electron chi connectivity index (χ3n) is 4.64. The summed E-state index contributed by atoms with van der Waals surface area (Å²) in [6.07, 6.45) is 4.82. The van der Waals surface area contributed by atoms with E-state index in [1.165, 1.54) is 24.3 Å². The van der Waals surface area contributed by atoms with Gasteiger partial charge in [-0.15, -0.1) is 11.3 Å². The molecule has 0 aliphatic heterocycles. The molecule has 0 aliphatic rings. The van der Waals surface area contributed by atoms with Crippen molar-refractivity contribution in [1.82, 2.24) is 9.97 Å². The Kier molecular flexibility index (Phi) is 7.36. The number of hydrogen-bond acceptors (Lipinski definition) is 5. The number of anilines is 3. The van der Waals surface area contributed by atoms with E-state index in [0.717, 1.165) is 28.5 Å². The first kappa shape index (κ1) is 23.5. The first-order valence-electron chi connectivity index (χ1n) is 10.2. The Morgan fingerprint density at radius 2 is 1.81 bits per heavy atom. The molecule has 32 heavy (non-hydrogen) atoms. The molecule has 10 heteroatoms. The van der Waals surface area contributed by atoms with Gasteiger partial charge in [0.25, 0.3) is 0 Å². The van der Waals surface area contributed by atoms with Crippen molar-refractivity contribution in [2.45, 2.75) is 39.4 Å². The number of rotatable bonds is 7. The van der Waals surface area contributed by atoms with Crippen molar-refractivity contribution < 1.29 is 14.0 Å². The summed E-state index contributed by atoms with van der Waals surface area (Å²) in [6.45, 7) is 7.92. The molecule has 0 saturated heterocycles. The van der Waals surface area contributed by atoms with Gasteiger partial charge in [-0.3, -0.25) is 10.1 Å². The Balaban J connectivity index is 1.57. The predicted octanol–water partition coefficient (Wildman–Crippen LogP) is 4.61. The van der Waals surface area contributed by atoms with Crippen LogP contribution in [0.25, 0.3) is 0 Å². The highest BCUT2D eigenvalue weighted by atomic mass is 32.1. The average molecular weight is 472 g/mol. The number of amides is 3. The molecule has 3 N–H and O–H groups in total. The molecular weight excluding hydrogens is 445 g/mol. The lowest BCUT2D eigenvalue weighted by Gasteiger charge is -2.18. The van der Waals surface area contributed by atoms with Crippen molar-refractivity contribution in [3.05, 3.63) is 59.0 Å². The van der Waals surface area contributed by atoms with Crippen LogP contribution in [0, 0.1) is 5.82 Å². The summed E-state index contributed by atoms with van der Waals surface area (Å²) in [7, 11) is -1.63. The number of pyridine rings is 1. The van der Waals surface area contributed by atoms with Gasteiger partial charge in [0.2, 0.25) is 5.91 Å². The number of carbonyl (C=O) groups is 2. The van der Waals surface area contributed by atoms with Gasteiger partial charge in [-0.1, -0.05) is 30.9 Å². The third kappa shape index (κ3) is 6.69. The minimum Gasteiger partial charge on any atom is -0.311 e. The number of carbonyl (C=O) groups excluding carboxylic acids is 2. The normalized spacial score (nSPS) is 11.2. The molecule has 0 bridgehead atoms. The predicted molar refractivity (Wildman–Crippen MR) is 130 cm³/mol. The maximum Gasteiger partial charge on any atom is 0.325 e. The summed E-state index contributed by atoms with van der Waals surface area (Å²) >= 11 is 1.36. The van der Waals surface area contributed by atoms with E-state index in [-0.39, 0.29) is 11.6 Å². The summed E-state index contributed by atoms with van der Waals surface area (Å²) in [6, 6.07) is 8.06. The topological polar surface area (TPSA) is 96.0 Å². The molecule has 168 valence electrons. The molecule has 3 amide bonds. The molecule has 0 fully saturated rings. The molecule has 3 rings (SSSR count). The maximum absolute atomic E-state index is 14.2. The van der Waals surface area contributed by atoms with Crippen LogP contribution in [0.5, 0.6) is 0 Å². The van der Waals surface area contributed by atoms with Gasteiger partial charge in [0.05, 0.1) is 13.8 Å². The summed E-state index contributed by atoms with van der Waals surface area (Å²) in [5.41, 5.74) is 1.19. The molecule has 3 aromatic rings. The van der Waals surface area contributed by atoms with Gasteiger partial charge in [0.1, 0.15) is 11.6 Å². The van der Waals surface area contributed by atoms with Crippen LogP contribution in [-0.4, -0.2) is 30.0 Å². The first-order chi connectivity index (χ1) is 15.1. The van der Waals surface area contributed by atoms with Gasteiger partial charge in [-0.2, -0.15) is 0 Å². The Labute approximate surface area is 191 Å². The lowest BCUT2D eigenvalue weighted by molar-refractivity contribution is -0.114. The van der Waals surface area contributed by atoms with Crippen LogP contribution in [0.3, 0.4) is 0 Å². The Bertz CT molecular complexity index is 1130. The van der Waals surface area contributed by atoms with Crippen molar-refractivity contribution in [1.29, 1.82) is 0 Å². The summed E-state index contributed by atoms with van der Waals surface area (Å²) in [5, 5.41) is 9.41. The van der Waals surface area contributed by atoms with Crippen LogP contribution in [0.15, 0.2) is 42.7 Å². The first-order valence-corrected chi connectivity index (χ1v) is 14.5. The fourth-order valence-corrected chi connectivity index (χ4v) is 4.93. The van der Waals surface area contributed by atoms with Gasteiger partial charge in [-0.05, 0) is 42.7 Å².